The van der Waals surface area contributed by atoms with Gasteiger partial charge in [-0.05, 0) is 56.2 Å². The molecule has 0 radical (unpaired) electrons. The molecule has 3 rings (SSSR count). The van der Waals surface area contributed by atoms with E-state index in [2.05, 4.69) is 4.72 Å². The molecule has 6 nitrogen and oxygen atoms in total. The van der Waals surface area contributed by atoms with Crippen molar-refractivity contribution in [1.29, 1.82) is 0 Å². The molecule has 0 aliphatic heterocycles. The second-order valence-corrected chi connectivity index (χ2v) is 8.55. The van der Waals surface area contributed by atoms with Crippen molar-refractivity contribution >= 4 is 28.4 Å². The van der Waals surface area contributed by atoms with Gasteiger partial charge >= 0.3 is 5.97 Å². The number of rotatable bonds is 5. The van der Waals surface area contributed by atoms with Gasteiger partial charge in [-0.15, -0.1) is 12.4 Å². The summed E-state index contributed by atoms with van der Waals surface area (Å²) in [6, 6.07) is 6.69. The number of hydrogen-bond donors (Lipinski definition) is 2. The van der Waals surface area contributed by atoms with Crippen LogP contribution in [0.1, 0.15) is 44.1 Å². The molecule has 2 aliphatic rings. The normalized spacial score (nSPS) is 24.9. The number of carbonyl (C=O) groups excluding carboxylic acids is 1. The Hall–Kier alpha value is -1.15. The summed E-state index contributed by atoms with van der Waals surface area (Å²) in [4.78, 5) is 12.1. The SMILES string of the molecule is COC(=O)C1(c2ccc(S(=O)(=O)NC3CCC(N)CC3)cc2)CC1.Cl. The Morgan fingerprint density at radius 3 is 2.20 bits per heavy atom. The van der Waals surface area contributed by atoms with Crippen molar-refractivity contribution in [1.82, 2.24) is 4.72 Å². The molecule has 0 amide bonds. The molecule has 0 bridgehead atoms. The highest BCUT2D eigenvalue weighted by Crippen LogP contribution is 2.49. The lowest BCUT2D eigenvalue weighted by molar-refractivity contribution is -0.143. The van der Waals surface area contributed by atoms with Crippen molar-refractivity contribution in [2.24, 2.45) is 5.73 Å². The van der Waals surface area contributed by atoms with Crippen LogP contribution in [-0.2, 0) is 25.0 Å². The smallest absolute Gasteiger partial charge is 0.316 e. The minimum Gasteiger partial charge on any atom is -0.468 e. The number of esters is 1. The van der Waals surface area contributed by atoms with Gasteiger partial charge in [-0.1, -0.05) is 12.1 Å². The predicted molar refractivity (Wildman–Crippen MR) is 97.2 cm³/mol. The average molecular weight is 389 g/mol. The van der Waals surface area contributed by atoms with Gasteiger partial charge in [0.1, 0.15) is 0 Å². The third-order valence-electron chi connectivity index (χ3n) is 5.14. The molecule has 0 spiro atoms. The van der Waals surface area contributed by atoms with E-state index in [0.29, 0.717) is 0 Å². The Kier molecular flexibility index (Phi) is 6.14. The van der Waals surface area contributed by atoms with Crippen LogP contribution in [0.5, 0.6) is 0 Å². The lowest BCUT2D eigenvalue weighted by Gasteiger charge is -2.26. The van der Waals surface area contributed by atoms with Gasteiger partial charge in [0, 0.05) is 12.1 Å². The monoisotopic (exact) mass is 388 g/mol. The van der Waals surface area contributed by atoms with Crippen LogP contribution >= 0.6 is 12.4 Å². The van der Waals surface area contributed by atoms with Crippen molar-refractivity contribution < 1.29 is 17.9 Å². The van der Waals surface area contributed by atoms with E-state index in [1.54, 1.807) is 24.3 Å². The maximum atomic E-state index is 12.5. The first-order valence-electron chi connectivity index (χ1n) is 8.34. The summed E-state index contributed by atoms with van der Waals surface area (Å²) in [7, 11) is -2.18. The number of carbonyl (C=O) groups is 1. The number of hydrogen-bond acceptors (Lipinski definition) is 5. The van der Waals surface area contributed by atoms with Crippen LogP contribution in [-0.4, -0.2) is 33.6 Å². The van der Waals surface area contributed by atoms with Crippen LogP contribution < -0.4 is 10.5 Å². The Morgan fingerprint density at radius 1 is 1.16 bits per heavy atom. The molecule has 3 N–H and O–H groups in total. The maximum absolute atomic E-state index is 12.5. The highest BCUT2D eigenvalue weighted by Gasteiger charge is 2.52. The first-order valence-corrected chi connectivity index (χ1v) is 9.82. The van der Waals surface area contributed by atoms with Crippen molar-refractivity contribution in [2.45, 2.75) is 60.9 Å². The van der Waals surface area contributed by atoms with Crippen molar-refractivity contribution in [3.05, 3.63) is 29.8 Å². The fourth-order valence-electron chi connectivity index (χ4n) is 3.41. The van der Waals surface area contributed by atoms with Gasteiger partial charge in [0.05, 0.1) is 17.4 Å². The Labute approximate surface area is 155 Å². The number of ether oxygens (including phenoxy) is 1. The van der Waals surface area contributed by atoms with Gasteiger partial charge in [0.15, 0.2) is 0 Å². The van der Waals surface area contributed by atoms with E-state index in [9.17, 15) is 13.2 Å². The van der Waals surface area contributed by atoms with Crippen LogP contribution in [0.4, 0.5) is 0 Å². The molecule has 1 aromatic carbocycles. The summed E-state index contributed by atoms with van der Waals surface area (Å²) in [6.07, 6.45) is 4.70. The Balaban J connectivity index is 0.00000225. The number of nitrogens with one attached hydrogen (secondary N) is 1. The fourth-order valence-corrected chi connectivity index (χ4v) is 4.71. The summed E-state index contributed by atoms with van der Waals surface area (Å²) in [5.41, 5.74) is 6.09. The zero-order chi connectivity index (χ0) is 17.4. The van der Waals surface area contributed by atoms with E-state index in [0.717, 1.165) is 44.1 Å². The minimum absolute atomic E-state index is 0. The molecule has 0 saturated heterocycles. The van der Waals surface area contributed by atoms with E-state index in [1.807, 2.05) is 0 Å². The van der Waals surface area contributed by atoms with Gasteiger partial charge in [0.2, 0.25) is 10.0 Å². The van der Waals surface area contributed by atoms with Crippen LogP contribution in [0, 0.1) is 0 Å². The molecule has 0 atom stereocenters. The fraction of sp³-hybridized carbons (Fsp3) is 0.588. The van der Waals surface area contributed by atoms with E-state index >= 15 is 0 Å². The topological polar surface area (TPSA) is 98.5 Å². The lowest BCUT2D eigenvalue weighted by Crippen LogP contribution is -2.40. The van der Waals surface area contributed by atoms with Gasteiger partial charge in [-0.2, -0.15) is 0 Å². The highest BCUT2D eigenvalue weighted by atomic mass is 35.5. The summed E-state index contributed by atoms with van der Waals surface area (Å²) in [6.45, 7) is 0. The number of benzene rings is 1. The maximum Gasteiger partial charge on any atom is 0.316 e. The zero-order valence-electron chi connectivity index (χ0n) is 14.2. The number of nitrogens with two attached hydrogens (primary N) is 1. The first-order chi connectivity index (χ1) is 11.4. The molecule has 2 fully saturated rings. The Morgan fingerprint density at radius 2 is 1.72 bits per heavy atom. The van der Waals surface area contributed by atoms with Crippen LogP contribution in [0.3, 0.4) is 0 Å². The average Bonchev–Trinajstić information content (AvgIpc) is 3.38. The lowest BCUT2D eigenvalue weighted by atomic mass is 9.93. The summed E-state index contributed by atoms with van der Waals surface area (Å²) in [5.74, 6) is -0.255. The molecule has 0 aromatic heterocycles. The molecular formula is C17H25ClN2O4S. The summed E-state index contributed by atoms with van der Waals surface area (Å²) < 4.78 is 32.7. The molecule has 0 unspecified atom stereocenters. The molecule has 0 heterocycles. The first kappa shape index (κ1) is 20.2. The standard InChI is InChI=1S/C17H24N2O4S.ClH/c1-23-16(20)17(10-11-17)12-2-8-15(9-3-12)24(21,22)19-14-6-4-13(18)5-7-14;/h2-3,8-9,13-14,19H,4-7,10-11,18H2,1H3;1H. The molecule has 8 heteroatoms. The number of sulfonamides is 1. The highest BCUT2D eigenvalue weighted by molar-refractivity contribution is 7.89. The second kappa shape index (κ2) is 7.61. The molecule has 25 heavy (non-hydrogen) atoms. The molecule has 1 aromatic rings. The minimum atomic E-state index is -3.55. The van der Waals surface area contributed by atoms with Gasteiger partial charge in [-0.25, -0.2) is 13.1 Å². The van der Waals surface area contributed by atoms with E-state index in [4.69, 9.17) is 10.5 Å². The summed E-state index contributed by atoms with van der Waals surface area (Å²) in [5, 5.41) is 0. The van der Waals surface area contributed by atoms with Gasteiger partial charge in [-0.3, -0.25) is 4.79 Å². The largest absolute Gasteiger partial charge is 0.468 e. The predicted octanol–water partition coefficient (Wildman–Crippen LogP) is 1.86. The van der Waals surface area contributed by atoms with Gasteiger partial charge in [0.25, 0.3) is 0 Å². The van der Waals surface area contributed by atoms with E-state index in [1.165, 1.54) is 7.11 Å². The summed E-state index contributed by atoms with van der Waals surface area (Å²) >= 11 is 0. The quantitative estimate of drug-likeness (QED) is 0.750. The van der Waals surface area contributed by atoms with Crippen molar-refractivity contribution in [3.8, 4) is 0 Å². The number of methoxy groups -OCH3 is 1. The van der Waals surface area contributed by atoms with E-state index < -0.39 is 15.4 Å². The third kappa shape index (κ3) is 4.16. The van der Waals surface area contributed by atoms with Crippen molar-refractivity contribution in [2.75, 3.05) is 7.11 Å². The van der Waals surface area contributed by atoms with Crippen LogP contribution in [0.2, 0.25) is 0 Å². The number of halogens is 1. The van der Waals surface area contributed by atoms with Crippen molar-refractivity contribution in [3.63, 3.8) is 0 Å². The molecule has 2 aliphatic carbocycles. The second-order valence-electron chi connectivity index (χ2n) is 6.83. The van der Waals surface area contributed by atoms with Gasteiger partial charge < -0.3 is 10.5 Å². The van der Waals surface area contributed by atoms with E-state index in [-0.39, 0.29) is 35.4 Å². The van der Waals surface area contributed by atoms with Crippen LogP contribution in [0.15, 0.2) is 29.2 Å². The third-order valence-corrected chi connectivity index (χ3v) is 6.67. The zero-order valence-corrected chi connectivity index (χ0v) is 15.9. The molecule has 2 saturated carbocycles. The Bertz CT molecular complexity index is 709. The molecular weight excluding hydrogens is 364 g/mol. The van der Waals surface area contributed by atoms with Crippen LogP contribution in [0.25, 0.3) is 0 Å². The molecule has 140 valence electrons.